The zero-order valence-corrected chi connectivity index (χ0v) is 36.4. The van der Waals surface area contributed by atoms with Crippen molar-refractivity contribution in [3.05, 3.63) is 244 Å². The Morgan fingerprint density at radius 2 is 1.12 bits per heavy atom. The molecular weight excluding hydrogens is 799 g/mol. The first-order valence-corrected chi connectivity index (χ1v) is 23.7. The summed E-state index contributed by atoms with van der Waals surface area (Å²) < 4.78 is 2.59. The number of fused-ring (bicyclic) bond motifs is 23. The highest BCUT2D eigenvalue weighted by molar-refractivity contribution is 6.19. The molecule has 3 unspecified atom stereocenters. The summed E-state index contributed by atoms with van der Waals surface area (Å²) in [7, 11) is 0. The number of hydrogen-bond acceptors (Lipinski definition) is 2. The fourth-order valence-electron chi connectivity index (χ4n) is 12.8. The maximum Gasteiger partial charge on any atom is 0.0675 e. The summed E-state index contributed by atoms with van der Waals surface area (Å²) in [6, 6.07) is 73.1. The van der Waals surface area contributed by atoms with Crippen LogP contribution in [0.4, 0.5) is 11.4 Å². The van der Waals surface area contributed by atoms with Crippen LogP contribution in [0.15, 0.2) is 204 Å². The van der Waals surface area contributed by atoms with Crippen LogP contribution in [0.25, 0.3) is 60.9 Å². The monoisotopic (exact) mass is 841 g/mol. The third-order valence-electron chi connectivity index (χ3n) is 15.7. The quantitative estimate of drug-likeness (QED) is 0.166. The Bertz CT molecular complexity index is 3800. The van der Waals surface area contributed by atoms with Crippen LogP contribution in [0.1, 0.15) is 80.7 Å². The minimum Gasteiger partial charge on any atom is -0.309 e. The van der Waals surface area contributed by atoms with E-state index in [0.29, 0.717) is 5.92 Å². The summed E-state index contributed by atoms with van der Waals surface area (Å²) in [5.74, 6) is 0.754. The Labute approximate surface area is 384 Å². The highest BCUT2D eigenvalue weighted by Gasteiger charge is 2.37. The molecule has 0 radical (unpaired) electrons. The minimum absolute atomic E-state index is 0.121. The van der Waals surface area contributed by atoms with E-state index >= 15 is 0 Å². The molecule has 3 heterocycles. The highest BCUT2D eigenvalue weighted by Crippen LogP contribution is 2.52. The van der Waals surface area contributed by atoms with E-state index in [1.807, 2.05) is 0 Å². The predicted octanol–water partition coefficient (Wildman–Crippen LogP) is 15.6. The largest absolute Gasteiger partial charge is 0.309 e. The summed E-state index contributed by atoms with van der Waals surface area (Å²) in [6.07, 6.45) is 4.01. The minimum atomic E-state index is 0.121. The summed E-state index contributed by atoms with van der Waals surface area (Å²) >= 11 is 0. The lowest BCUT2D eigenvalue weighted by Gasteiger charge is -2.30. The average Bonchev–Trinajstić information content (AvgIpc) is 3.95. The molecule has 3 heteroatoms. The van der Waals surface area contributed by atoms with Gasteiger partial charge in [-0.25, -0.2) is 0 Å². The molecule has 0 fully saturated rings. The van der Waals surface area contributed by atoms with Gasteiger partial charge >= 0.3 is 0 Å². The molecule has 3 aliphatic carbocycles. The molecule has 1 aromatic heterocycles. The van der Waals surface area contributed by atoms with E-state index in [1.54, 1.807) is 0 Å². The number of para-hydroxylation sites is 3. The van der Waals surface area contributed by atoms with E-state index in [9.17, 15) is 0 Å². The van der Waals surface area contributed by atoms with Gasteiger partial charge in [0.15, 0.2) is 0 Å². The maximum absolute atomic E-state index is 5.29. The van der Waals surface area contributed by atoms with Gasteiger partial charge < -0.3 is 4.57 Å². The van der Waals surface area contributed by atoms with Gasteiger partial charge in [0.2, 0.25) is 0 Å². The molecule has 0 saturated carbocycles. The van der Waals surface area contributed by atoms with E-state index in [-0.39, 0.29) is 11.8 Å². The molecule has 0 saturated heterocycles. The second-order valence-corrected chi connectivity index (χ2v) is 19.0. The number of hydrogen-bond donors (Lipinski definition) is 0. The van der Waals surface area contributed by atoms with Gasteiger partial charge in [0, 0.05) is 39.2 Å². The fourth-order valence-corrected chi connectivity index (χ4v) is 12.8. The zero-order chi connectivity index (χ0) is 43.0. The lowest BCUT2D eigenvalue weighted by atomic mass is 9.74. The second kappa shape index (κ2) is 13.8. The second-order valence-electron chi connectivity index (χ2n) is 19.0. The molecule has 0 amide bonds. The van der Waals surface area contributed by atoms with Crippen LogP contribution in [-0.4, -0.2) is 16.0 Å². The van der Waals surface area contributed by atoms with Crippen LogP contribution < -0.4 is 0 Å². The number of rotatable bonds is 2. The third-order valence-corrected chi connectivity index (χ3v) is 15.7. The van der Waals surface area contributed by atoms with Crippen molar-refractivity contribution in [2.24, 2.45) is 9.98 Å². The van der Waals surface area contributed by atoms with Gasteiger partial charge in [-0.05, 0) is 134 Å². The molecule has 15 rings (SSSR count). The van der Waals surface area contributed by atoms with Crippen LogP contribution in [0, 0.1) is 0 Å². The first-order valence-electron chi connectivity index (χ1n) is 23.7. The van der Waals surface area contributed by atoms with Crippen LogP contribution in [-0.2, 0) is 12.8 Å². The fraction of sp³-hybridized carbons (Fsp3) is 0.111. The molecule has 10 aromatic rings. The molecule has 0 N–H and O–H groups in total. The molecule has 66 heavy (non-hydrogen) atoms. The van der Waals surface area contributed by atoms with Crippen LogP contribution >= 0.6 is 0 Å². The van der Waals surface area contributed by atoms with Gasteiger partial charge in [0.25, 0.3) is 0 Å². The molecule has 2 bridgehead atoms. The molecule has 0 spiro atoms. The molecular formula is C63H43N3. The van der Waals surface area contributed by atoms with Crippen molar-refractivity contribution in [2.45, 2.75) is 43.4 Å². The van der Waals surface area contributed by atoms with Crippen LogP contribution in [0.5, 0.6) is 0 Å². The molecule has 3 nitrogen and oxygen atoms in total. The Balaban J connectivity index is 0.911. The molecule has 9 aromatic carbocycles. The summed E-state index contributed by atoms with van der Waals surface area (Å²) in [6.45, 7) is 0. The van der Waals surface area contributed by atoms with Crippen molar-refractivity contribution in [2.75, 3.05) is 0 Å². The molecule has 310 valence electrons. The van der Waals surface area contributed by atoms with E-state index in [4.69, 9.17) is 9.98 Å². The van der Waals surface area contributed by atoms with E-state index in [0.717, 1.165) is 37.1 Å². The third kappa shape index (κ3) is 5.14. The van der Waals surface area contributed by atoms with Gasteiger partial charge in [-0.1, -0.05) is 164 Å². The summed E-state index contributed by atoms with van der Waals surface area (Å²) in [5.41, 5.74) is 28.4. The first-order chi connectivity index (χ1) is 32.7. The van der Waals surface area contributed by atoms with Crippen molar-refractivity contribution in [1.82, 2.24) is 4.57 Å². The first kappa shape index (κ1) is 36.5. The van der Waals surface area contributed by atoms with Gasteiger partial charge in [-0.15, -0.1) is 0 Å². The van der Waals surface area contributed by atoms with E-state index in [2.05, 4.69) is 199 Å². The number of nitrogens with zero attached hydrogens (tertiary/aromatic N) is 3. The number of aliphatic imine (C=N–C) groups is 2. The van der Waals surface area contributed by atoms with Crippen molar-refractivity contribution < 1.29 is 0 Å². The average molecular weight is 842 g/mol. The number of benzene rings is 9. The van der Waals surface area contributed by atoms with Crippen LogP contribution in [0.2, 0.25) is 0 Å². The zero-order valence-electron chi connectivity index (χ0n) is 36.4. The van der Waals surface area contributed by atoms with Gasteiger partial charge in [-0.3, -0.25) is 9.98 Å². The Hall–Kier alpha value is -7.88. The normalized spacial score (nSPS) is 18.1. The Kier molecular flexibility index (Phi) is 7.63. The SMILES string of the molecule is c1ccc2c(c1)N=C1CC2CCc2cc(C3Cc4c(ccc5c6ccccc6n(-c6ccc7c(c6)-c6ccccc6C6=Nc8ccccc8C67)c45)-c4ccccc43)ccc2-c2ccccc21. The number of aryl methyl sites for hydroxylation is 1. The highest BCUT2D eigenvalue weighted by atomic mass is 15.0. The van der Waals surface area contributed by atoms with Gasteiger partial charge in [0.1, 0.15) is 0 Å². The topological polar surface area (TPSA) is 29.6 Å². The molecule has 2 aliphatic heterocycles. The molecule has 5 aliphatic rings. The van der Waals surface area contributed by atoms with Crippen molar-refractivity contribution >= 4 is 44.6 Å². The predicted molar refractivity (Wildman–Crippen MR) is 272 cm³/mol. The van der Waals surface area contributed by atoms with Crippen molar-refractivity contribution in [1.29, 1.82) is 0 Å². The van der Waals surface area contributed by atoms with Crippen LogP contribution in [0.3, 0.4) is 0 Å². The van der Waals surface area contributed by atoms with Gasteiger partial charge in [-0.2, -0.15) is 0 Å². The van der Waals surface area contributed by atoms with E-state index in [1.165, 1.54) is 122 Å². The van der Waals surface area contributed by atoms with Crippen molar-refractivity contribution in [3.8, 4) is 39.1 Å². The lowest BCUT2D eigenvalue weighted by Crippen LogP contribution is -2.18. The summed E-state index contributed by atoms with van der Waals surface area (Å²) in [5, 5.41) is 2.59. The van der Waals surface area contributed by atoms with Gasteiger partial charge in [0.05, 0.1) is 34.0 Å². The lowest BCUT2D eigenvalue weighted by molar-refractivity contribution is 0.641. The Morgan fingerprint density at radius 3 is 1.98 bits per heavy atom. The van der Waals surface area contributed by atoms with E-state index < -0.39 is 0 Å². The molecule has 3 atom stereocenters. The van der Waals surface area contributed by atoms with Crippen molar-refractivity contribution in [3.63, 3.8) is 0 Å². The summed E-state index contributed by atoms with van der Waals surface area (Å²) in [4.78, 5) is 10.5. The maximum atomic E-state index is 5.29. The number of aromatic nitrogens is 1. The Morgan fingerprint density at radius 1 is 0.439 bits per heavy atom. The smallest absolute Gasteiger partial charge is 0.0675 e. The standard InChI is InChI=1S/C63H43N3/c1-2-16-45-44(15-1)47-31-32-52-49-19-9-12-24-60(49)66(40-28-30-50-55(35-40)46-17-4-6-20-51(46)62-61(50)53-21-8-11-23-58(53)65-62)63(52)56(47)36-54(45)38-27-29-41-37(33-38)25-26-39-34-59(48-18-5-3-14-43(41)48)64-57-22-10-7-13-42(39)57/h1-24,27-33,35,39,54,61H,25-26,34,36H2.